The molecule has 10 rings (SSSR count). The number of hydrogen-bond donors (Lipinski definition) is 0. The molecule has 0 saturated carbocycles. The van der Waals surface area contributed by atoms with Gasteiger partial charge in [0.1, 0.15) is 5.82 Å². The summed E-state index contributed by atoms with van der Waals surface area (Å²) in [6.45, 7) is 34.4. The minimum atomic E-state index is -0.289. The average Bonchev–Trinajstić information content (AvgIpc) is 4.01. The molecule has 9 aromatic rings. The Morgan fingerprint density at radius 3 is 1.67 bits per heavy atom. The fourth-order valence-electron chi connectivity index (χ4n) is 10.7. The summed E-state index contributed by atoms with van der Waals surface area (Å²) in [4.78, 5) is 9.63. The van der Waals surface area contributed by atoms with Crippen LogP contribution in [0.5, 0.6) is 11.5 Å². The van der Waals surface area contributed by atoms with Crippen molar-refractivity contribution in [3.8, 4) is 17.3 Å². The zero-order chi connectivity index (χ0) is 53.2. The molecular formula is C70H73N4OPt-3. The van der Waals surface area contributed by atoms with Crippen LogP contribution in [0.2, 0.25) is 0 Å². The third-order valence-electron chi connectivity index (χ3n) is 15.6. The van der Waals surface area contributed by atoms with Crippen molar-refractivity contribution in [1.29, 1.82) is 0 Å². The van der Waals surface area contributed by atoms with E-state index in [2.05, 4.69) is 288 Å². The minimum Gasteiger partial charge on any atom is -0.509 e. The SMILES string of the molecule is CC(C)c1cccc(C(C)C)c1C1=CN(c2cc(C(C)(C)c3ccccc3)cc(C(C)(C)c3ccccc3)c2)[CH-]N1c1[c-]c(Oc2[c-]c3c(cc2)c2ccccc2n3-c2cc(C(C)(C)C)ccn2)cc(C(C)(C)C)c1.[Pt]. The Kier molecular flexibility index (Phi) is 14.7. The van der Waals surface area contributed by atoms with E-state index in [0.29, 0.717) is 11.5 Å². The molecule has 0 unspecified atom stereocenters. The van der Waals surface area contributed by atoms with Crippen molar-refractivity contribution >= 4 is 38.9 Å². The van der Waals surface area contributed by atoms with E-state index in [9.17, 15) is 0 Å². The number of fused-ring (bicyclic) bond motifs is 3. The maximum absolute atomic E-state index is 7.04. The van der Waals surface area contributed by atoms with Gasteiger partial charge in [-0.25, -0.2) is 4.98 Å². The van der Waals surface area contributed by atoms with Crippen molar-refractivity contribution in [2.75, 3.05) is 9.80 Å². The first-order chi connectivity index (χ1) is 35.6. The van der Waals surface area contributed by atoms with Gasteiger partial charge in [-0.2, -0.15) is 6.07 Å². The Labute approximate surface area is 467 Å². The van der Waals surface area contributed by atoms with Gasteiger partial charge in [-0.3, -0.25) is 0 Å². The van der Waals surface area contributed by atoms with Crippen LogP contribution in [0.15, 0.2) is 170 Å². The summed E-state index contributed by atoms with van der Waals surface area (Å²) < 4.78 is 9.26. The smallest absolute Gasteiger partial charge is 0.135 e. The third-order valence-corrected chi connectivity index (χ3v) is 15.6. The molecule has 0 amide bonds. The van der Waals surface area contributed by atoms with Gasteiger partial charge >= 0.3 is 0 Å². The van der Waals surface area contributed by atoms with Crippen molar-refractivity contribution in [2.24, 2.45) is 0 Å². The van der Waals surface area contributed by atoms with Crippen molar-refractivity contribution in [2.45, 2.75) is 130 Å². The fraction of sp³-hybridized carbons (Fsp3) is 0.286. The Bertz CT molecular complexity index is 3490. The van der Waals surface area contributed by atoms with Crippen LogP contribution in [0, 0.1) is 18.8 Å². The third kappa shape index (κ3) is 10.3. The van der Waals surface area contributed by atoms with E-state index in [1.54, 1.807) is 0 Å². The van der Waals surface area contributed by atoms with Crippen LogP contribution < -0.4 is 14.5 Å². The number of ether oxygens (including phenoxy) is 1. The van der Waals surface area contributed by atoms with Crippen LogP contribution >= 0.6 is 0 Å². The van der Waals surface area contributed by atoms with E-state index in [1.165, 1.54) is 44.5 Å². The molecule has 7 aromatic carbocycles. The van der Waals surface area contributed by atoms with E-state index in [1.807, 2.05) is 12.3 Å². The van der Waals surface area contributed by atoms with Gasteiger partial charge in [0.05, 0.1) is 0 Å². The molecule has 76 heavy (non-hydrogen) atoms. The molecule has 0 bridgehead atoms. The molecule has 2 aromatic heterocycles. The second-order valence-electron chi connectivity index (χ2n) is 24.3. The monoisotopic (exact) mass is 1180 g/mol. The molecule has 392 valence electrons. The fourth-order valence-corrected chi connectivity index (χ4v) is 10.7. The van der Waals surface area contributed by atoms with E-state index < -0.39 is 0 Å². The molecule has 6 heteroatoms. The summed E-state index contributed by atoms with van der Waals surface area (Å²) >= 11 is 0. The van der Waals surface area contributed by atoms with Gasteiger partial charge in [-0.15, -0.1) is 53.6 Å². The van der Waals surface area contributed by atoms with E-state index in [0.717, 1.165) is 50.3 Å². The van der Waals surface area contributed by atoms with Crippen LogP contribution in [-0.2, 0) is 42.7 Å². The van der Waals surface area contributed by atoms with Crippen molar-refractivity contribution in [3.05, 3.63) is 239 Å². The van der Waals surface area contributed by atoms with Crippen molar-refractivity contribution in [3.63, 3.8) is 0 Å². The van der Waals surface area contributed by atoms with Crippen LogP contribution in [0.4, 0.5) is 11.4 Å². The van der Waals surface area contributed by atoms with Gasteiger partial charge in [0.2, 0.25) is 0 Å². The molecule has 1 aliphatic heterocycles. The molecule has 0 atom stereocenters. The maximum atomic E-state index is 7.04. The number of hydrogen-bond acceptors (Lipinski definition) is 4. The summed E-state index contributed by atoms with van der Waals surface area (Å²) in [7, 11) is 0. The summed E-state index contributed by atoms with van der Waals surface area (Å²) in [6.07, 6.45) is 4.27. The normalized spacial score (nSPS) is 13.5. The maximum Gasteiger partial charge on any atom is 0.135 e. The summed E-state index contributed by atoms with van der Waals surface area (Å²) in [5.41, 5.74) is 15.5. The van der Waals surface area contributed by atoms with E-state index in [4.69, 9.17) is 9.72 Å². The van der Waals surface area contributed by atoms with Gasteiger partial charge in [-0.1, -0.05) is 206 Å². The second-order valence-corrected chi connectivity index (χ2v) is 24.3. The first kappa shape index (κ1) is 54.1. The van der Waals surface area contributed by atoms with Crippen molar-refractivity contribution in [1.82, 2.24) is 9.55 Å². The standard InChI is InChI=1S/C70H73N4O.Pt/c1-46(2)58-29-23-30-59(47(3)4)66(58)64-44-72(54-38-52(69(11,12)48-24-17-15-18-25-48)36-53(39-54)70(13,14)49-26-19-16-20-27-49)45-73(64)55-37-51(68(8,9)10)40-57(42-55)75-56-32-33-61-60-28-21-22-31-62(60)74(63(61)43-56)65-41-50(34-35-71-65)67(5,6)7;/h15-41,44-47H,1-14H3;/q-3;. The molecule has 0 spiro atoms. The number of pyridine rings is 1. The Balaban J connectivity index is 0.00000706. The Morgan fingerprint density at radius 2 is 1.09 bits per heavy atom. The number of benzene rings is 7. The molecule has 0 N–H and O–H groups in total. The Morgan fingerprint density at radius 1 is 0.513 bits per heavy atom. The van der Waals surface area contributed by atoms with Crippen LogP contribution in [0.1, 0.15) is 159 Å². The molecule has 0 aliphatic carbocycles. The zero-order valence-corrected chi connectivity index (χ0v) is 49.2. The van der Waals surface area contributed by atoms with Gasteiger partial charge in [0.25, 0.3) is 0 Å². The number of para-hydroxylation sites is 1. The predicted molar refractivity (Wildman–Crippen MR) is 316 cm³/mol. The number of aromatic nitrogens is 2. The molecule has 1 aliphatic rings. The van der Waals surface area contributed by atoms with Crippen LogP contribution in [0.25, 0.3) is 33.3 Å². The molecule has 0 radical (unpaired) electrons. The van der Waals surface area contributed by atoms with E-state index in [-0.39, 0.29) is 54.6 Å². The van der Waals surface area contributed by atoms with Crippen molar-refractivity contribution < 1.29 is 25.8 Å². The number of rotatable bonds is 12. The number of anilines is 2. The predicted octanol–water partition coefficient (Wildman–Crippen LogP) is 18.5. The Hall–Kier alpha value is -6.68. The minimum absolute atomic E-state index is 0. The first-order valence-corrected chi connectivity index (χ1v) is 26.8. The zero-order valence-electron chi connectivity index (χ0n) is 46.9. The molecule has 5 nitrogen and oxygen atoms in total. The van der Waals surface area contributed by atoms with E-state index >= 15 is 0 Å². The summed E-state index contributed by atoms with van der Waals surface area (Å²) in [6, 6.07) is 64.9. The molecular weight excluding hydrogens is 1110 g/mol. The molecule has 0 fully saturated rings. The molecule has 3 heterocycles. The summed E-state index contributed by atoms with van der Waals surface area (Å²) in [5.74, 6) is 2.63. The molecule has 0 saturated heterocycles. The van der Waals surface area contributed by atoms with Gasteiger partial charge < -0.3 is 19.1 Å². The van der Waals surface area contributed by atoms with Gasteiger partial charge in [0.15, 0.2) is 0 Å². The quantitative estimate of drug-likeness (QED) is 0.114. The first-order valence-electron chi connectivity index (χ1n) is 26.8. The number of nitrogens with zero attached hydrogens (tertiary/aromatic N) is 4. The topological polar surface area (TPSA) is 33.5 Å². The van der Waals surface area contributed by atoms with Crippen LogP contribution in [0.3, 0.4) is 0 Å². The summed E-state index contributed by atoms with van der Waals surface area (Å²) in [5, 5.41) is 2.23. The second kappa shape index (κ2) is 20.7. The largest absolute Gasteiger partial charge is 0.509 e. The van der Waals surface area contributed by atoms with Gasteiger partial charge in [0, 0.05) is 72.1 Å². The van der Waals surface area contributed by atoms with Gasteiger partial charge in [-0.05, 0) is 104 Å². The van der Waals surface area contributed by atoms with Crippen LogP contribution in [-0.4, -0.2) is 9.55 Å². The average molecular weight is 1180 g/mol.